The summed E-state index contributed by atoms with van der Waals surface area (Å²) in [4.78, 5) is 9.81. The summed E-state index contributed by atoms with van der Waals surface area (Å²) in [5, 5.41) is 7.40. The molecule has 0 aliphatic carbocycles. The van der Waals surface area contributed by atoms with Crippen molar-refractivity contribution >= 4 is 99.5 Å². The Kier molecular flexibility index (Phi) is 9.05. The van der Waals surface area contributed by atoms with Crippen molar-refractivity contribution in [1.29, 1.82) is 0 Å². The molecule has 0 fully saturated rings. The zero-order chi connectivity index (χ0) is 51.3. The molecule has 6 heteroatoms. The van der Waals surface area contributed by atoms with Crippen LogP contribution in [0.5, 0.6) is 0 Å². The van der Waals surface area contributed by atoms with Gasteiger partial charge in [0, 0.05) is 60.7 Å². The second kappa shape index (κ2) is 15.9. The van der Waals surface area contributed by atoms with Crippen LogP contribution in [-0.4, -0.2) is 18.7 Å². The Labute approximate surface area is 446 Å². The molecule has 4 aromatic heterocycles. The predicted octanol–water partition coefficient (Wildman–Crippen LogP) is 18.6. The van der Waals surface area contributed by atoms with Gasteiger partial charge >= 0.3 is 0 Å². The number of rotatable bonds is 5. The Hall–Kier alpha value is -9.65. The minimum absolute atomic E-state index is 0.253. The van der Waals surface area contributed by atoms with Crippen molar-refractivity contribution in [3.05, 3.63) is 265 Å². The molecule has 2 aliphatic heterocycles. The van der Waals surface area contributed by atoms with E-state index in [9.17, 15) is 0 Å². The minimum atomic E-state index is -0.333. The largest absolute Gasteiger partial charge is 0.310 e. The van der Waals surface area contributed by atoms with Crippen molar-refractivity contribution in [3.63, 3.8) is 0 Å². The second-order valence-corrected chi connectivity index (χ2v) is 22.1. The lowest BCUT2D eigenvalue weighted by Crippen LogP contribution is -2.31. The first-order valence-electron chi connectivity index (χ1n) is 26.8. The first-order valence-corrected chi connectivity index (χ1v) is 26.8. The Bertz CT molecular complexity index is 4640. The van der Waals surface area contributed by atoms with Gasteiger partial charge in [0.2, 0.25) is 0 Å². The molecule has 16 rings (SSSR count). The van der Waals surface area contributed by atoms with E-state index in [-0.39, 0.29) is 10.8 Å². The molecule has 0 N–H and O–H groups in total. The first-order chi connectivity index (χ1) is 37.7. The molecule has 0 unspecified atom stereocenters. The molecular weight excluding hydrogens is 937 g/mol. The highest BCUT2D eigenvalue weighted by molar-refractivity contribution is 6.13. The van der Waals surface area contributed by atoms with Gasteiger partial charge in [0.15, 0.2) is 0 Å². The quantitative estimate of drug-likeness (QED) is 0.172. The van der Waals surface area contributed by atoms with E-state index in [4.69, 9.17) is 4.98 Å². The van der Waals surface area contributed by atoms with Gasteiger partial charge in [-0.2, -0.15) is 0 Å². The molecule has 0 radical (unpaired) electrons. The monoisotopic (exact) mass is 988 g/mol. The third-order valence-corrected chi connectivity index (χ3v) is 17.2. The topological polar surface area (TPSA) is 34.2 Å². The smallest absolute Gasteiger partial charge is 0.0685 e. The number of fused-ring (bicyclic) bond motifs is 13. The highest BCUT2D eigenvalue weighted by Crippen LogP contribution is 2.56. The van der Waals surface area contributed by atoms with Crippen molar-refractivity contribution < 1.29 is 0 Å². The van der Waals surface area contributed by atoms with E-state index in [2.05, 4.69) is 288 Å². The van der Waals surface area contributed by atoms with Gasteiger partial charge in [0.1, 0.15) is 0 Å². The molecule has 0 atom stereocenters. The molecule has 0 bridgehead atoms. The summed E-state index contributed by atoms with van der Waals surface area (Å²) in [5.41, 5.74) is 21.5. The van der Waals surface area contributed by atoms with Crippen LogP contribution in [-0.2, 0) is 10.8 Å². The number of anilines is 6. The molecule has 2 aliphatic rings. The summed E-state index contributed by atoms with van der Waals surface area (Å²) >= 11 is 0. The van der Waals surface area contributed by atoms with E-state index in [1.807, 2.05) is 6.20 Å². The van der Waals surface area contributed by atoms with Gasteiger partial charge in [-0.3, -0.25) is 4.98 Å². The third kappa shape index (κ3) is 6.09. The van der Waals surface area contributed by atoms with Crippen molar-refractivity contribution in [2.24, 2.45) is 0 Å². The summed E-state index contributed by atoms with van der Waals surface area (Å²) < 4.78 is 7.36. The maximum absolute atomic E-state index is 4.83. The van der Waals surface area contributed by atoms with E-state index >= 15 is 0 Å². The fourth-order valence-corrected chi connectivity index (χ4v) is 13.7. The maximum Gasteiger partial charge on any atom is 0.0685 e. The van der Waals surface area contributed by atoms with Crippen molar-refractivity contribution in [3.8, 4) is 17.1 Å². The van der Waals surface area contributed by atoms with Gasteiger partial charge in [0.25, 0.3) is 0 Å². The van der Waals surface area contributed by atoms with Crippen molar-refractivity contribution in [2.75, 3.05) is 9.80 Å². The summed E-state index contributed by atoms with van der Waals surface area (Å²) in [6.07, 6.45) is 4.00. The van der Waals surface area contributed by atoms with Crippen LogP contribution >= 0.6 is 0 Å². The minimum Gasteiger partial charge on any atom is -0.310 e. The fraction of sp³-hybridized carbons (Fsp3) is 0.0845. The van der Waals surface area contributed by atoms with Gasteiger partial charge in [-0.15, -0.1) is 0 Å². The molecule has 77 heavy (non-hydrogen) atoms. The molecule has 10 aromatic carbocycles. The van der Waals surface area contributed by atoms with Gasteiger partial charge in [-0.05, 0) is 125 Å². The molecule has 0 saturated heterocycles. The lowest BCUT2D eigenvalue weighted by Gasteiger charge is -2.43. The molecule has 0 saturated carbocycles. The van der Waals surface area contributed by atoms with Crippen molar-refractivity contribution in [1.82, 2.24) is 18.7 Å². The Morgan fingerprint density at radius 3 is 1.17 bits per heavy atom. The average Bonchev–Trinajstić information content (AvgIpc) is 4.26. The normalized spacial score (nSPS) is 14.4. The number of benzene rings is 10. The number of nitrogens with zero attached hydrogens (tertiary/aromatic N) is 6. The summed E-state index contributed by atoms with van der Waals surface area (Å²) in [6.45, 7) is 9.46. The second-order valence-electron chi connectivity index (χ2n) is 22.1. The standard InChI is InChI=1S/C71H52N6/c1-70(2)56-24-10-18-32-67(56)77(69-44-72-38-37-58(69)70)49-40-47(75-64-30-16-9-23-54(64)55-42-45(33-35-65(55)75)73-60-26-12-5-19-50(60)51-20-6-13-27-61(51)73)39-48(41-49)76-66-31-17-11-25-57(66)71(3,4)59-43-46(34-36-68(59)76)74-62-28-14-7-21-52(62)53-22-8-15-29-63(53)74/h5-44H,1-4H3. The molecule has 14 aromatic rings. The number of para-hydroxylation sites is 7. The highest BCUT2D eigenvalue weighted by Gasteiger charge is 2.40. The molecule has 6 heterocycles. The summed E-state index contributed by atoms with van der Waals surface area (Å²) in [6, 6.07) is 85.6. The van der Waals surface area contributed by atoms with Crippen LogP contribution in [0.15, 0.2) is 243 Å². The molecular formula is C71H52N6. The van der Waals surface area contributed by atoms with Crippen LogP contribution in [0.3, 0.4) is 0 Å². The third-order valence-electron chi connectivity index (χ3n) is 17.2. The predicted molar refractivity (Wildman–Crippen MR) is 321 cm³/mol. The molecule has 0 amide bonds. The first kappa shape index (κ1) is 43.7. The Morgan fingerprint density at radius 1 is 0.273 bits per heavy atom. The summed E-state index contributed by atoms with van der Waals surface area (Å²) in [7, 11) is 0. The lowest BCUT2D eigenvalue weighted by molar-refractivity contribution is 0.630. The van der Waals surface area contributed by atoms with E-state index in [0.717, 1.165) is 62.2 Å². The lowest BCUT2D eigenvalue weighted by atomic mass is 9.73. The van der Waals surface area contributed by atoms with E-state index in [1.54, 1.807) is 0 Å². The van der Waals surface area contributed by atoms with Gasteiger partial charge in [-0.1, -0.05) is 155 Å². The van der Waals surface area contributed by atoms with Crippen LogP contribution in [0.4, 0.5) is 34.1 Å². The Balaban J connectivity index is 0.970. The van der Waals surface area contributed by atoms with E-state index in [0.29, 0.717) is 0 Å². The average molecular weight is 989 g/mol. The van der Waals surface area contributed by atoms with E-state index < -0.39 is 0 Å². The van der Waals surface area contributed by atoms with Crippen LogP contribution < -0.4 is 9.80 Å². The zero-order valence-corrected chi connectivity index (χ0v) is 43.3. The van der Waals surface area contributed by atoms with Crippen LogP contribution in [0.1, 0.15) is 49.9 Å². The van der Waals surface area contributed by atoms with Crippen LogP contribution in [0.2, 0.25) is 0 Å². The molecule has 366 valence electrons. The van der Waals surface area contributed by atoms with Gasteiger partial charge < -0.3 is 23.5 Å². The zero-order valence-electron chi connectivity index (χ0n) is 43.3. The van der Waals surface area contributed by atoms with Gasteiger partial charge in [-0.25, -0.2) is 0 Å². The van der Waals surface area contributed by atoms with Crippen LogP contribution in [0, 0.1) is 0 Å². The number of hydrogen-bond donors (Lipinski definition) is 0. The van der Waals surface area contributed by atoms with Crippen LogP contribution in [0.25, 0.3) is 82.5 Å². The highest BCUT2D eigenvalue weighted by atomic mass is 15.2. The number of aromatic nitrogens is 4. The summed E-state index contributed by atoms with van der Waals surface area (Å²) in [5.74, 6) is 0. The van der Waals surface area contributed by atoms with E-state index in [1.165, 1.54) is 76.6 Å². The Morgan fingerprint density at radius 2 is 0.636 bits per heavy atom. The maximum atomic E-state index is 4.83. The number of pyridine rings is 1. The SMILES string of the molecule is CC1(C)c2ccccc2N(c2cc(N3c4ccccc4C(C)(C)c4cc(-n5c6ccccc6c6ccccc65)ccc43)cc(-n3c4ccccc4c4cc(-n5c6ccccc6c6ccccc65)ccc43)c2)c2cnccc21. The van der Waals surface area contributed by atoms with Crippen molar-refractivity contribution in [2.45, 2.75) is 38.5 Å². The fourth-order valence-electron chi connectivity index (χ4n) is 13.7. The van der Waals surface area contributed by atoms with Gasteiger partial charge in [0.05, 0.1) is 79.1 Å². The number of hydrogen-bond acceptors (Lipinski definition) is 3. The molecule has 6 nitrogen and oxygen atoms in total. The molecule has 0 spiro atoms.